The molecule has 1 saturated carbocycles. The van der Waals surface area contributed by atoms with Crippen molar-refractivity contribution in [1.82, 2.24) is 19.4 Å². The van der Waals surface area contributed by atoms with Crippen LogP contribution in [0.4, 0.5) is 5.69 Å². The number of benzene rings is 1. The average molecular weight is 462 g/mol. The normalized spacial score (nSPS) is 21.1. The van der Waals surface area contributed by atoms with Gasteiger partial charge in [0.1, 0.15) is 11.3 Å². The Balaban J connectivity index is 1.18. The van der Waals surface area contributed by atoms with Gasteiger partial charge in [0.15, 0.2) is 5.65 Å². The lowest BCUT2D eigenvalue weighted by Crippen LogP contribution is -2.45. The first-order valence-electron chi connectivity index (χ1n) is 12.5. The molecule has 3 heterocycles. The fraction of sp³-hybridized carbons (Fsp3) is 0.519. The van der Waals surface area contributed by atoms with Crippen molar-refractivity contribution < 1.29 is 9.53 Å². The predicted octanol–water partition coefficient (Wildman–Crippen LogP) is 4.23. The van der Waals surface area contributed by atoms with Gasteiger partial charge in [-0.3, -0.25) is 4.79 Å². The number of carbonyl (C=O) groups excluding carboxylic acids is 1. The van der Waals surface area contributed by atoms with Crippen molar-refractivity contribution in [2.45, 2.75) is 59.0 Å². The number of hydrogen-bond donors (Lipinski definition) is 1. The minimum Gasteiger partial charge on any atom is -0.382 e. The third-order valence-electron chi connectivity index (χ3n) is 7.28. The Labute approximate surface area is 201 Å². The number of ether oxygens (including phenoxy) is 1. The number of nitrogens with zero attached hydrogens (tertiary/aromatic N) is 4. The molecule has 5 rings (SSSR count). The quantitative estimate of drug-likeness (QED) is 0.616. The summed E-state index contributed by atoms with van der Waals surface area (Å²) in [6.07, 6.45) is 4.00. The van der Waals surface area contributed by atoms with Crippen molar-refractivity contribution in [3.05, 3.63) is 53.0 Å². The molecule has 7 heteroatoms. The van der Waals surface area contributed by atoms with Gasteiger partial charge in [0, 0.05) is 36.4 Å². The molecule has 180 valence electrons. The minimum absolute atomic E-state index is 0.174. The van der Waals surface area contributed by atoms with E-state index in [0.29, 0.717) is 25.2 Å². The fourth-order valence-corrected chi connectivity index (χ4v) is 5.35. The molecule has 0 atom stereocenters. The van der Waals surface area contributed by atoms with Crippen LogP contribution in [0.2, 0.25) is 0 Å². The molecule has 1 aliphatic carbocycles. The molecule has 3 aromatic rings. The zero-order valence-corrected chi connectivity index (χ0v) is 20.5. The molecule has 2 aromatic heterocycles. The lowest BCUT2D eigenvalue weighted by molar-refractivity contribution is -0.140. The number of aryl methyl sites for hydroxylation is 3. The molecule has 0 spiro atoms. The highest BCUT2D eigenvalue weighted by atomic mass is 16.5. The van der Waals surface area contributed by atoms with E-state index in [1.54, 1.807) is 0 Å². The fourth-order valence-electron chi connectivity index (χ4n) is 5.35. The monoisotopic (exact) mass is 461 g/mol. The molecule has 1 amide bonds. The van der Waals surface area contributed by atoms with Gasteiger partial charge < -0.3 is 19.5 Å². The SMILES string of the molecule is Cc1cc(C)c2nc(C)n(Cc3ccc(NC4CCC(C(=O)N5CCOCC5)CC4)cc3)c2n1. The Bertz CT molecular complexity index is 1160. The number of pyridine rings is 1. The topological polar surface area (TPSA) is 72.3 Å². The second-order valence-electron chi connectivity index (χ2n) is 9.83. The lowest BCUT2D eigenvalue weighted by Gasteiger charge is -2.34. The zero-order valence-electron chi connectivity index (χ0n) is 20.5. The van der Waals surface area contributed by atoms with Crippen LogP contribution in [0.15, 0.2) is 30.3 Å². The number of rotatable bonds is 5. The number of anilines is 1. The number of hydrogen-bond acceptors (Lipinski definition) is 5. The van der Waals surface area contributed by atoms with E-state index < -0.39 is 0 Å². The van der Waals surface area contributed by atoms with Gasteiger partial charge >= 0.3 is 0 Å². The van der Waals surface area contributed by atoms with Crippen LogP contribution in [0, 0.1) is 26.7 Å². The molecule has 2 aliphatic rings. The largest absolute Gasteiger partial charge is 0.382 e. The molecule has 1 N–H and O–H groups in total. The number of nitrogens with one attached hydrogen (secondary N) is 1. The summed E-state index contributed by atoms with van der Waals surface area (Å²) in [5.74, 6) is 1.49. The summed E-state index contributed by atoms with van der Waals surface area (Å²) >= 11 is 0. The van der Waals surface area contributed by atoms with Gasteiger partial charge in [-0.15, -0.1) is 0 Å². The zero-order chi connectivity index (χ0) is 23.7. The van der Waals surface area contributed by atoms with Gasteiger partial charge in [-0.1, -0.05) is 12.1 Å². The van der Waals surface area contributed by atoms with Crippen LogP contribution < -0.4 is 5.32 Å². The van der Waals surface area contributed by atoms with Gasteiger partial charge in [0.05, 0.1) is 19.8 Å². The van der Waals surface area contributed by atoms with Crippen molar-refractivity contribution >= 4 is 22.8 Å². The van der Waals surface area contributed by atoms with Crippen LogP contribution in [0.3, 0.4) is 0 Å². The Kier molecular flexibility index (Phi) is 6.55. The van der Waals surface area contributed by atoms with E-state index in [9.17, 15) is 4.79 Å². The van der Waals surface area contributed by atoms with Gasteiger partial charge in [-0.2, -0.15) is 0 Å². The summed E-state index contributed by atoms with van der Waals surface area (Å²) in [6.45, 7) is 9.77. The Hall–Kier alpha value is -2.93. The Morgan fingerprint density at radius 1 is 1.03 bits per heavy atom. The van der Waals surface area contributed by atoms with E-state index in [4.69, 9.17) is 14.7 Å². The molecular formula is C27H35N5O2. The standard InChI is InChI=1S/C27H35N5O2/c1-18-16-19(2)28-26-25(18)29-20(3)32(26)17-21-4-8-23(9-5-21)30-24-10-6-22(7-11-24)27(33)31-12-14-34-15-13-31/h4-5,8-9,16,22,24,30H,6-7,10-15,17H2,1-3H3. The first-order valence-corrected chi connectivity index (χ1v) is 12.5. The first-order chi connectivity index (χ1) is 16.5. The van der Waals surface area contributed by atoms with E-state index >= 15 is 0 Å². The van der Waals surface area contributed by atoms with Gasteiger partial charge in [-0.05, 0) is 75.8 Å². The van der Waals surface area contributed by atoms with Crippen LogP contribution >= 0.6 is 0 Å². The van der Waals surface area contributed by atoms with Crippen LogP contribution in [-0.2, 0) is 16.1 Å². The third kappa shape index (κ3) is 4.80. The highest BCUT2D eigenvalue weighted by Gasteiger charge is 2.30. The number of fused-ring (bicyclic) bond motifs is 1. The maximum absolute atomic E-state index is 12.8. The van der Waals surface area contributed by atoms with Crippen LogP contribution in [0.1, 0.15) is 48.3 Å². The number of imidazole rings is 1. The first kappa shape index (κ1) is 22.8. The van der Waals surface area contributed by atoms with Gasteiger partial charge in [0.2, 0.25) is 5.91 Å². The summed E-state index contributed by atoms with van der Waals surface area (Å²) < 4.78 is 7.58. The van der Waals surface area contributed by atoms with E-state index in [1.165, 1.54) is 11.1 Å². The molecule has 0 radical (unpaired) electrons. The smallest absolute Gasteiger partial charge is 0.225 e. The molecular weight excluding hydrogens is 426 g/mol. The molecule has 0 unspecified atom stereocenters. The van der Waals surface area contributed by atoms with E-state index in [-0.39, 0.29) is 5.92 Å². The van der Waals surface area contributed by atoms with Crippen molar-refractivity contribution in [3.63, 3.8) is 0 Å². The third-order valence-corrected chi connectivity index (χ3v) is 7.28. The molecule has 2 fully saturated rings. The summed E-state index contributed by atoms with van der Waals surface area (Å²) in [4.78, 5) is 24.3. The molecule has 7 nitrogen and oxygen atoms in total. The molecule has 1 aromatic carbocycles. The van der Waals surface area contributed by atoms with Gasteiger partial charge in [-0.25, -0.2) is 9.97 Å². The Morgan fingerprint density at radius 3 is 2.44 bits per heavy atom. The predicted molar refractivity (Wildman–Crippen MR) is 134 cm³/mol. The molecule has 0 bridgehead atoms. The molecule has 1 saturated heterocycles. The lowest BCUT2D eigenvalue weighted by atomic mass is 9.85. The highest BCUT2D eigenvalue weighted by Crippen LogP contribution is 2.29. The Morgan fingerprint density at radius 2 is 1.74 bits per heavy atom. The minimum atomic E-state index is 0.174. The second kappa shape index (κ2) is 9.74. The van der Waals surface area contributed by atoms with Gasteiger partial charge in [0.25, 0.3) is 0 Å². The van der Waals surface area contributed by atoms with E-state index in [0.717, 1.165) is 73.7 Å². The number of morpholine rings is 1. The van der Waals surface area contributed by atoms with Crippen molar-refractivity contribution in [2.75, 3.05) is 31.6 Å². The summed E-state index contributed by atoms with van der Waals surface area (Å²) in [5, 5.41) is 3.69. The molecule has 1 aliphatic heterocycles. The summed E-state index contributed by atoms with van der Waals surface area (Å²) in [5.41, 5.74) is 6.51. The average Bonchev–Trinajstić information content (AvgIpc) is 3.16. The molecule has 34 heavy (non-hydrogen) atoms. The van der Waals surface area contributed by atoms with Crippen molar-refractivity contribution in [3.8, 4) is 0 Å². The highest BCUT2D eigenvalue weighted by molar-refractivity contribution is 5.79. The van der Waals surface area contributed by atoms with E-state index in [1.807, 2.05) is 18.7 Å². The maximum atomic E-state index is 12.8. The van der Waals surface area contributed by atoms with E-state index in [2.05, 4.69) is 47.1 Å². The van der Waals surface area contributed by atoms with Crippen LogP contribution in [0.5, 0.6) is 0 Å². The van der Waals surface area contributed by atoms with Crippen LogP contribution in [-0.4, -0.2) is 57.7 Å². The summed E-state index contributed by atoms with van der Waals surface area (Å²) in [6, 6.07) is 11.2. The van der Waals surface area contributed by atoms with Crippen LogP contribution in [0.25, 0.3) is 11.2 Å². The van der Waals surface area contributed by atoms with Crippen molar-refractivity contribution in [2.24, 2.45) is 5.92 Å². The number of aromatic nitrogens is 3. The maximum Gasteiger partial charge on any atom is 0.225 e. The summed E-state index contributed by atoms with van der Waals surface area (Å²) in [7, 11) is 0. The number of amides is 1. The number of carbonyl (C=O) groups is 1. The van der Waals surface area contributed by atoms with Crippen molar-refractivity contribution in [1.29, 1.82) is 0 Å². The second-order valence-corrected chi connectivity index (χ2v) is 9.83.